The average Bonchev–Trinajstić information content (AvgIpc) is 2.98. The van der Waals surface area contributed by atoms with Crippen molar-refractivity contribution in [2.45, 2.75) is 141 Å². The minimum Gasteiger partial charge on any atom is -0.286 e. The lowest BCUT2D eigenvalue weighted by Crippen LogP contribution is -2.32. The summed E-state index contributed by atoms with van der Waals surface area (Å²) in [6, 6.07) is 7.51. The molecule has 0 bridgehead atoms. The highest BCUT2D eigenvalue weighted by Gasteiger charge is 2.30. The molecule has 3 heteroatoms. The third kappa shape index (κ3) is 7.08. The van der Waals surface area contributed by atoms with Crippen LogP contribution in [0, 0.1) is 83.1 Å². The van der Waals surface area contributed by atoms with E-state index in [2.05, 4.69) is 122 Å². The van der Waals surface area contributed by atoms with Crippen LogP contribution >= 0.6 is 0 Å². The zero-order valence-corrected chi connectivity index (χ0v) is 30.9. The Labute approximate surface area is 274 Å². The van der Waals surface area contributed by atoms with Gasteiger partial charge in [-0.1, -0.05) is 0 Å². The zero-order valence-electron chi connectivity index (χ0n) is 30.9. The Kier molecular flexibility index (Phi) is 10.4. The van der Waals surface area contributed by atoms with Gasteiger partial charge in [0.1, 0.15) is 0 Å². The summed E-state index contributed by atoms with van der Waals surface area (Å²) in [5, 5.41) is 0. The lowest BCUT2D eigenvalue weighted by molar-refractivity contribution is 0.356. The topological polar surface area (TPSA) is 37.1 Å². The Bertz CT molecular complexity index is 1520. The fourth-order valence-electron chi connectivity index (χ4n) is 7.34. The van der Waals surface area contributed by atoms with Crippen molar-refractivity contribution in [1.29, 1.82) is 0 Å². The summed E-state index contributed by atoms with van der Waals surface area (Å²) >= 11 is 0. The Morgan fingerprint density at radius 3 is 0.822 bits per heavy atom. The van der Waals surface area contributed by atoms with Crippen LogP contribution in [0.15, 0.2) is 33.2 Å². The highest BCUT2D eigenvalue weighted by molar-refractivity contribution is 6.02. The first kappa shape index (κ1) is 34.5. The Hall–Kier alpha value is -3.33. The first-order chi connectivity index (χ1) is 21.0. The van der Waals surface area contributed by atoms with Gasteiger partial charge in [0.2, 0.25) is 0 Å². The van der Waals surface area contributed by atoms with Crippen molar-refractivity contribution < 1.29 is 0 Å². The van der Waals surface area contributed by atoms with Crippen molar-refractivity contribution in [3.8, 4) is 0 Å². The Balaban J connectivity index is 1.76. The number of hydrogen-bond donors (Lipinski definition) is 0. The second-order valence-corrected chi connectivity index (χ2v) is 14.2. The fourth-order valence-corrected chi connectivity index (χ4v) is 7.34. The number of aryl methyl sites for hydroxylation is 3. The first-order valence-electron chi connectivity index (χ1n) is 16.9. The molecule has 0 saturated heterocycles. The maximum atomic E-state index is 5.43. The highest BCUT2D eigenvalue weighted by Crippen LogP contribution is 2.31. The molecule has 45 heavy (non-hydrogen) atoms. The van der Waals surface area contributed by atoms with Crippen molar-refractivity contribution in [2.24, 2.45) is 15.0 Å². The fraction of sp³-hybridized carbons (Fsp3) is 0.500. The van der Waals surface area contributed by atoms with Gasteiger partial charge in [0.25, 0.3) is 0 Å². The molecule has 0 heterocycles. The Morgan fingerprint density at radius 2 is 0.600 bits per heavy atom. The van der Waals surface area contributed by atoms with Crippen LogP contribution in [0.1, 0.15) is 123 Å². The molecule has 1 fully saturated rings. The van der Waals surface area contributed by atoms with E-state index in [1.807, 2.05) is 0 Å². The summed E-state index contributed by atoms with van der Waals surface area (Å²) in [6.07, 6.45) is 2.85. The van der Waals surface area contributed by atoms with Crippen molar-refractivity contribution in [1.82, 2.24) is 0 Å². The van der Waals surface area contributed by atoms with E-state index >= 15 is 0 Å². The number of nitrogens with zero attached hydrogens (tertiary/aromatic N) is 3. The van der Waals surface area contributed by atoms with E-state index in [0.717, 1.165) is 36.4 Å². The minimum atomic E-state index is 0.174. The summed E-state index contributed by atoms with van der Waals surface area (Å²) in [4.78, 5) is 16.3. The molecule has 4 rings (SSSR count). The molecule has 1 saturated carbocycles. The molecule has 0 radical (unpaired) electrons. The van der Waals surface area contributed by atoms with E-state index in [9.17, 15) is 0 Å². The van der Waals surface area contributed by atoms with Crippen LogP contribution in [0.4, 0.5) is 0 Å². The van der Waals surface area contributed by atoms with Gasteiger partial charge >= 0.3 is 0 Å². The van der Waals surface area contributed by atoms with Crippen LogP contribution in [-0.2, 0) is 0 Å². The third-order valence-electron chi connectivity index (χ3n) is 11.4. The van der Waals surface area contributed by atoms with Crippen molar-refractivity contribution in [3.63, 3.8) is 0 Å². The van der Waals surface area contributed by atoms with Gasteiger partial charge in [-0.05, 0) is 225 Å². The second-order valence-electron chi connectivity index (χ2n) is 14.2. The number of rotatable bonds is 6. The molecule has 240 valence electrons. The van der Waals surface area contributed by atoms with Gasteiger partial charge < -0.3 is 0 Å². The van der Waals surface area contributed by atoms with Gasteiger partial charge in [0.15, 0.2) is 0 Å². The van der Waals surface area contributed by atoms with Gasteiger partial charge in [-0.3, -0.25) is 15.0 Å². The molecule has 0 atom stereocenters. The first-order valence-corrected chi connectivity index (χ1v) is 16.9. The van der Waals surface area contributed by atoms with Gasteiger partial charge in [0.05, 0.1) is 18.1 Å². The summed E-state index contributed by atoms with van der Waals surface area (Å²) in [5.41, 5.74) is 23.5. The number of aliphatic imine (C=N–C) groups is 3. The van der Waals surface area contributed by atoms with Crippen LogP contribution in [-0.4, -0.2) is 35.3 Å². The molecule has 3 aromatic rings. The molecule has 1 aliphatic carbocycles. The molecule has 0 aromatic heterocycles. The molecule has 0 spiro atoms. The van der Waals surface area contributed by atoms with Gasteiger partial charge in [-0.2, -0.15) is 0 Å². The van der Waals surface area contributed by atoms with Crippen molar-refractivity contribution in [2.75, 3.05) is 0 Å². The molecule has 3 nitrogen and oxygen atoms in total. The summed E-state index contributed by atoms with van der Waals surface area (Å²) in [5.74, 6) is 0. The third-order valence-corrected chi connectivity index (χ3v) is 11.4. The van der Waals surface area contributed by atoms with E-state index < -0.39 is 0 Å². The van der Waals surface area contributed by atoms with Crippen molar-refractivity contribution in [3.05, 3.63) is 102 Å². The predicted molar refractivity (Wildman–Crippen MR) is 198 cm³/mol. The van der Waals surface area contributed by atoms with E-state index in [-0.39, 0.29) is 18.1 Å². The molecule has 3 aromatic carbocycles. The number of hydrogen-bond acceptors (Lipinski definition) is 3. The molecular formula is C42H57N3. The van der Waals surface area contributed by atoms with Crippen LogP contribution < -0.4 is 0 Å². The highest BCUT2D eigenvalue weighted by atomic mass is 14.9. The summed E-state index contributed by atoms with van der Waals surface area (Å²) in [6.45, 7) is 33.3. The maximum absolute atomic E-state index is 5.43. The molecule has 0 aliphatic heterocycles. The molecule has 1 aliphatic rings. The second kappa shape index (κ2) is 13.6. The monoisotopic (exact) mass is 603 g/mol. The largest absolute Gasteiger partial charge is 0.286 e. The normalized spacial score (nSPS) is 19.8. The zero-order chi connectivity index (χ0) is 33.5. The molecule has 0 N–H and O–H groups in total. The Morgan fingerprint density at radius 1 is 0.378 bits per heavy atom. The maximum Gasteiger partial charge on any atom is 0.0543 e. The van der Waals surface area contributed by atoms with Crippen LogP contribution in [0.5, 0.6) is 0 Å². The molecule has 0 amide bonds. The van der Waals surface area contributed by atoms with Crippen LogP contribution in [0.3, 0.4) is 0 Å². The van der Waals surface area contributed by atoms with Crippen LogP contribution in [0.2, 0.25) is 0 Å². The van der Waals surface area contributed by atoms with E-state index in [1.54, 1.807) is 0 Å². The average molecular weight is 604 g/mol. The minimum absolute atomic E-state index is 0.174. The summed E-state index contributed by atoms with van der Waals surface area (Å²) in [7, 11) is 0. The molecular weight excluding hydrogens is 546 g/mol. The quantitative estimate of drug-likeness (QED) is 0.251. The lowest BCUT2D eigenvalue weighted by Gasteiger charge is -2.31. The molecule has 0 unspecified atom stereocenters. The van der Waals surface area contributed by atoms with E-state index in [1.165, 1.54) is 83.5 Å². The smallest absolute Gasteiger partial charge is 0.0543 e. The van der Waals surface area contributed by atoms with Crippen molar-refractivity contribution >= 4 is 17.1 Å². The SMILES string of the molecule is CC(=NC1CC(N=C(C)c2cc(C)c(C)c(C)c2C)CC(N=C(C)c2cc(C)c(C)c(C)c2C)C1)c1cc(C)c(C)c(C)c1C. The van der Waals surface area contributed by atoms with E-state index in [4.69, 9.17) is 15.0 Å². The summed E-state index contributed by atoms with van der Waals surface area (Å²) < 4.78 is 0. The van der Waals surface area contributed by atoms with Crippen LogP contribution in [0.25, 0.3) is 0 Å². The van der Waals surface area contributed by atoms with E-state index in [0.29, 0.717) is 0 Å². The lowest BCUT2D eigenvalue weighted by atomic mass is 9.86. The predicted octanol–water partition coefficient (Wildman–Crippen LogP) is 10.5. The van der Waals surface area contributed by atoms with Gasteiger partial charge in [-0.25, -0.2) is 0 Å². The van der Waals surface area contributed by atoms with Gasteiger partial charge in [0, 0.05) is 17.1 Å². The van der Waals surface area contributed by atoms with Gasteiger partial charge in [-0.15, -0.1) is 0 Å². The number of benzene rings is 3. The standard InChI is InChI=1S/C42H57N3/c1-22-16-40(31(10)28(7)25(22)4)34(13)43-37-19-38(44-35(14)41-17-23(2)26(5)29(8)32(41)11)21-39(20-37)45-36(15)42-18-24(3)27(6)30(9)33(42)12/h16-18,37-39H,19-21H2,1-15H3.